The first kappa shape index (κ1) is 19.0. The van der Waals surface area contributed by atoms with Crippen LogP contribution in [0.3, 0.4) is 0 Å². The molecule has 1 aliphatic heterocycles. The van der Waals surface area contributed by atoms with Gasteiger partial charge in [0.2, 0.25) is 0 Å². The zero-order chi connectivity index (χ0) is 20.4. The van der Waals surface area contributed by atoms with Gasteiger partial charge >= 0.3 is 6.09 Å². The maximum atomic E-state index is 11.0. The fourth-order valence-corrected chi connectivity index (χ4v) is 4.16. The molecule has 1 fully saturated rings. The second-order valence-corrected chi connectivity index (χ2v) is 7.68. The number of piperidine rings is 1. The molecule has 2 heterocycles. The molecule has 0 radical (unpaired) electrons. The van der Waals surface area contributed by atoms with Crippen LogP contribution in [0.2, 0.25) is 0 Å². The SMILES string of the molecule is Cc1c(-c2ccc(C#N)cc2)ccc2c(CCC3CCN(C(=O)O)CC3)noc12. The topological polar surface area (TPSA) is 90.4 Å². The third-order valence-corrected chi connectivity index (χ3v) is 5.96. The summed E-state index contributed by atoms with van der Waals surface area (Å²) in [7, 11) is 0. The summed E-state index contributed by atoms with van der Waals surface area (Å²) >= 11 is 0. The van der Waals surface area contributed by atoms with E-state index in [4.69, 9.17) is 14.9 Å². The van der Waals surface area contributed by atoms with Gasteiger partial charge < -0.3 is 14.5 Å². The number of hydrogen-bond acceptors (Lipinski definition) is 4. The molecule has 6 nitrogen and oxygen atoms in total. The molecule has 29 heavy (non-hydrogen) atoms. The van der Waals surface area contributed by atoms with E-state index in [1.807, 2.05) is 31.2 Å². The highest BCUT2D eigenvalue weighted by molar-refractivity contribution is 5.89. The van der Waals surface area contributed by atoms with E-state index in [2.05, 4.69) is 23.4 Å². The van der Waals surface area contributed by atoms with Crippen LogP contribution in [0, 0.1) is 24.2 Å². The summed E-state index contributed by atoms with van der Waals surface area (Å²) < 4.78 is 5.69. The quantitative estimate of drug-likeness (QED) is 0.678. The van der Waals surface area contributed by atoms with Crippen LogP contribution in [0.5, 0.6) is 0 Å². The van der Waals surface area contributed by atoms with E-state index in [-0.39, 0.29) is 0 Å². The standard InChI is InChI=1S/C23H23N3O3/c1-15-19(18-5-2-17(14-24)3-6-18)7-8-20-21(25-29-22(15)20)9-4-16-10-12-26(13-11-16)23(27)28/h2-3,5-8,16H,4,9-13H2,1H3,(H,27,28). The molecule has 0 saturated carbocycles. The van der Waals surface area contributed by atoms with Crippen LogP contribution >= 0.6 is 0 Å². The Morgan fingerprint density at radius 2 is 1.97 bits per heavy atom. The van der Waals surface area contributed by atoms with E-state index >= 15 is 0 Å². The molecule has 1 aliphatic rings. The minimum atomic E-state index is -0.820. The van der Waals surface area contributed by atoms with Crippen molar-refractivity contribution in [2.24, 2.45) is 5.92 Å². The molecular formula is C23H23N3O3. The van der Waals surface area contributed by atoms with Gasteiger partial charge in [-0.2, -0.15) is 5.26 Å². The Kier molecular flexibility index (Phi) is 5.22. The van der Waals surface area contributed by atoms with E-state index in [9.17, 15) is 4.79 Å². The summed E-state index contributed by atoms with van der Waals surface area (Å²) in [6, 6.07) is 13.8. The number of nitrogens with zero attached hydrogens (tertiary/aromatic N) is 3. The molecule has 0 bridgehead atoms. The number of fused-ring (bicyclic) bond motifs is 1. The van der Waals surface area contributed by atoms with Crippen molar-refractivity contribution in [1.82, 2.24) is 10.1 Å². The van der Waals surface area contributed by atoms with E-state index < -0.39 is 6.09 Å². The highest BCUT2D eigenvalue weighted by Crippen LogP contribution is 2.32. The number of carboxylic acid groups (broad SMARTS) is 1. The predicted octanol–water partition coefficient (Wildman–Crippen LogP) is 5.00. The van der Waals surface area contributed by atoms with Gasteiger partial charge in [-0.05, 0) is 67.9 Å². The molecule has 6 heteroatoms. The lowest BCUT2D eigenvalue weighted by molar-refractivity contribution is 0.123. The van der Waals surface area contributed by atoms with E-state index in [0.29, 0.717) is 24.6 Å². The van der Waals surface area contributed by atoms with Gasteiger partial charge in [-0.15, -0.1) is 0 Å². The lowest BCUT2D eigenvalue weighted by atomic mass is 9.91. The lowest BCUT2D eigenvalue weighted by Crippen LogP contribution is -2.37. The summed E-state index contributed by atoms with van der Waals surface area (Å²) in [4.78, 5) is 12.5. The van der Waals surface area contributed by atoms with Gasteiger partial charge in [-0.3, -0.25) is 0 Å². The minimum absolute atomic E-state index is 0.524. The Labute approximate surface area is 169 Å². The van der Waals surface area contributed by atoms with Crippen molar-refractivity contribution in [1.29, 1.82) is 5.26 Å². The average molecular weight is 389 g/mol. The molecule has 4 rings (SSSR count). The normalized spacial score (nSPS) is 14.8. The molecule has 1 saturated heterocycles. The highest BCUT2D eigenvalue weighted by atomic mass is 16.5. The number of nitriles is 1. The molecule has 2 aromatic carbocycles. The van der Waals surface area contributed by atoms with Crippen molar-refractivity contribution in [3.63, 3.8) is 0 Å². The van der Waals surface area contributed by atoms with Crippen LogP contribution in [-0.2, 0) is 6.42 Å². The van der Waals surface area contributed by atoms with Crippen molar-refractivity contribution in [3.8, 4) is 17.2 Å². The van der Waals surface area contributed by atoms with Crippen LogP contribution < -0.4 is 0 Å². The Bertz CT molecular complexity index is 1070. The predicted molar refractivity (Wildman–Crippen MR) is 110 cm³/mol. The number of carbonyl (C=O) groups is 1. The van der Waals surface area contributed by atoms with Crippen LogP contribution in [0.15, 0.2) is 40.9 Å². The molecular weight excluding hydrogens is 366 g/mol. The number of aromatic nitrogens is 1. The molecule has 0 aliphatic carbocycles. The molecule has 1 amide bonds. The Hall–Kier alpha value is -3.33. The summed E-state index contributed by atoms with van der Waals surface area (Å²) in [5.74, 6) is 0.524. The molecule has 0 spiro atoms. The Balaban J connectivity index is 1.49. The third-order valence-electron chi connectivity index (χ3n) is 5.96. The Morgan fingerprint density at radius 3 is 2.62 bits per heavy atom. The summed E-state index contributed by atoms with van der Waals surface area (Å²) in [6.07, 6.45) is 2.82. The van der Waals surface area contributed by atoms with Gasteiger partial charge in [0.15, 0.2) is 5.58 Å². The molecule has 148 valence electrons. The molecule has 1 aromatic heterocycles. The fourth-order valence-electron chi connectivity index (χ4n) is 4.16. The van der Waals surface area contributed by atoms with E-state index in [1.54, 1.807) is 0 Å². The fraction of sp³-hybridized carbons (Fsp3) is 0.348. The van der Waals surface area contributed by atoms with Crippen molar-refractivity contribution >= 4 is 17.1 Å². The van der Waals surface area contributed by atoms with Gasteiger partial charge in [0.1, 0.15) is 0 Å². The third kappa shape index (κ3) is 3.81. The smallest absolute Gasteiger partial charge is 0.407 e. The average Bonchev–Trinajstić information content (AvgIpc) is 3.17. The number of rotatable bonds is 4. The van der Waals surface area contributed by atoms with E-state index in [1.165, 1.54) is 4.90 Å². The Morgan fingerprint density at radius 1 is 1.24 bits per heavy atom. The van der Waals surface area contributed by atoms with Crippen molar-refractivity contribution in [2.75, 3.05) is 13.1 Å². The van der Waals surface area contributed by atoms with Crippen LogP contribution in [0.4, 0.5) is 4.79 Å². The zero-order valence-electron chi connectivity index (χ0n) is 16.4. The second-order valence-electron chi connectivity index (χ2n) is 7.68. The largest absolute Gasteiger partial charge is 0.465 e. The second kappa shape index (κ2) is 7.96. The zero-order valence-corrected chi connectivity index (χ0v) is 16.4. The molecule has 3 aromatic rings. The number of benzene rings is 2. The summed E-state index contributed by atoms with van der Waals surface area (Å²) in [5.41, 5.74) is 5.58. The number of likely N-dealkylation sites (tertiary alicyclic amines) is 1. The number of hydrogen-bond donors (Lipinski definition) is 1. The van der Waals surface area contributed by atoms with Crippen LogP contribution in [-0.4, -0.2) is 34.3 Å². The highest BCUT2D eigenvalue weighted by Gasteiger charge is 2.23. The van der Waals surface area contributed by atoms with Crippen molar-refractivity contribution in [2.45, 2.75) is 32.6 Å². The minimum Gasteiger partial charge on any atom is -0.465 e. The maximum absolute atomic E-state index is 11.0. The van der Waals surface area contributed by atoms with Gasteiger partial charge in [0.05, 0.1) is 17.3 Å². The first-order chi connectivity index (χ1) is 14.1. The number of aryl methyl sites for hydroxylation is 2. The molecule has 0 atom stereocenters. The maximum Gasteiger partial charge on any atom is 0.407 e. The van der Waals surface area contributed by atoms with Gasteiger partial charge in [-0.1, -0.05) is 23.4 Å². The monoisotopic (exact) mass is 389 g/mol. The molecule has 1 N–H and O–H groups in total. The van der Waals surface area contributed by atoms with Crippen molar-refractivity contribution < 1.29 is 14.4 Å². The number of amides is 1. The van der Waals surface area contributed by atoms with Gasteiger partial charge in [0.25, 0.3) is 0 Å². The van der Waals surface area contributed by atoms with Gasteiger partial charge in [-0.25, -0.2) is 4.79 Å². The first-order valence-electron chi connectivity index (χ1n) is 9.93. The van der Waals surface area contributed by atoms with E-state index in [0.717, 1.165) is 59.0 Å². The first-order valence-corrected chi connectivity index (χ1v) is 9.93. The molecule has 0 unspecified atom stereocenters. The summed E-state index contributed by atoms with van der Waals surface area (Å²) in [6.45, 7) is 3.27. The summed E-state index contributed by atoms with van der Waals surface area (Å²) in [5, 5.41) is 23.4. The van der Waals surface area contributed by atoms with Gasteiger partial charge in [0, 0.05) is 24.0 Å². The van der Waals surface area contributed by atoms with Crippen molar-refractivity contribution in [3.05, 3.63) is 53.2 Å². The van der Waals surface area contributed by atoms with Crippen LogP contribution in [0.1, 0.15) is 36.1 Å². The van der Waals surface area contributed by atoms with Crippen LogP contribution in [0.25, 0.3) is 22.1 Å². The lowest BCUT2D eigenvalue weighted by Gasteiger charge is -2.29.